The van der Waals surface area contributed by atoms with Crippen LogP contribution in [-0.4, -0.2) is 14.4 Å². The van der Waals surface area contributed by atoms with Gasteiger partial charge >= 0.3 is 0 Å². The Morgan fingerprint density at radius 2 is 2.40 bits per heavy atom. The molecule has 0 aliphatic heterocycles. The molecule has 1 radical (unpaired) electrons. The standard InChI is InChI=1S/C6H3ClN3/c7-6-9-4-8-5-2-1-3-10(5)6/h1-3H. The normalized spacial score (nSPS) is 10.5. The van der Waals surface area contributed by atoms with Gasteiger partial charge < -0.3 is 0 Å². The summed E-state index contributed by atoms with van der Waals surface area (Å²) in [6, 6.07) is 3.69. The molecule has 0 aromatic carbocycles. The molecule has 0 N–H and O–H groups in total. The van der Waals surface area contributed by atoms with Gasteiger partial charge in [0, 0.05) is 6.20 Å². The quantitative estimate of drug-likeness (QED) is 0.568. The van der Waals surface area contributed by atoms with Crippen molar-refractivity contribution in [1.82, 2.24) is 14.4 Å². The van der Waals surface area contributed by atoms with E-state index in [2.05, 4.69) is 16.3 Å². The van der Waals surface area contributed by atoms with E-state index in [0.29, 0.717) is 5.28 Å². The van der Waals surface area contributed by atoms with E-state index in [1.165, 1.54) is 0 Å². The molecule has 2 aromatic rings. The molecule has 0 spiro atoms. The Bertz CT molecular complexity index is 355. The lowest BCUT2D eigenvalue weighted by Crippen LogP contribution is -1.90. The van der Waals surface area contributed by atoms with Crippen molar-refractivity contribution in [1.29, 1.82) is 0 Å². The van der Waals surface area contributed by atoms with E-state index < -0.39 is 0 Å². The van der Waals surface area contributed by atoms with E-state index in [1.54, 1.807) is 10.6 Å². The zero-order valence-electron chi connectivity index (χ0n) is 4.95. The number of halogens is 1. The molecule has 49 valence electrons. The van der Waals surface area contributed by atoms with Gasteiger partial charge in [0.1, 0.15) is 5.65 Å². The Hall–Kier alpha value is -1.09. The van der Waals surface area contributed by atoms with E-state index in [4.69, 9.17) is 11.6 Å². The van der Waals surface area contributed by atoms with Crippen molar-refractivity contribution in [3.63, 3.8) is 0 Å². The van der Waals surface area contributed by atoms with Gasteiger partial charge in [-0.15, -0.1) is 0 Å². The van der Waals surface area contributed by atoms with Crippen LogP contribution in [0.3, 0.4) is 0 Å². The number of fused-ring (bicyclic) bond motifs is 1. The van der Waals surface area contributed by atoms with Crippen LogP contribution in [0.25, 0.3) is 5.65 Å². The molecule has 3 nitrogen and oxygen atoms in total. The smallest absolute Gasteiger partial charge is 0.210 e. The van der Waals surface area contributed by atoms with E-state index in [0.717, 1.165) is 5.65 Å². The largest absolute Gasteiger partial charge is 0.276 e. The van der Waals surface area contributed by atoms with Gasteiger partial charge in [0.05, 0.1) is 0 Å². The summed E-state index contributed by atoms with van der Waals surface area (Å²) < 4.78 is 1.68. The van der Waals surface area contributed by atoms with Crippen molar-refractivity contribution in [3.8, 4) is 0 Å². The van der Waals surface area contributed by atoms with Crippen LogP contribution in [0.2, 0.25) is 5.28 Å². The average Bonchev–Trinajstić information content (AvgIpc) is 2.36. The molecule has 4 heteroatoms. The fourth-order valence-corrected chi connectivity index (χ4v) is 0.971. The predicted molar refractivity (Wildman–Crippen MR) is 36.8 cm³/mol. The highest BCUT2D eigenvalue weighted by Crippen LogP contribution is 2.06. The van der Waals surface area contributed by atoms with Gasteiger partial charge in [0.15, 0.2) is 0 Å². The maximum atomic E-state index is 5.68. The molecule has 0 atom stereocenters. The zero-order chi connectivity index (χ0) is 6.97. The molecule has 2 aromatic heterocycles. The SMILES string of the molecule is Clc1n[c]nc2cccn12. The van der Waals surface area contributed by atoms with Crippen LogP contribution in [0.15, 0.2) is 18.3 Å². The van der Waals surface area contributed by atoms with Crippen LogP contribution in [0, 0.1) is 6.33 Å². The van der Waals surface area contributed by atoms with E-state index in [-0.39, 0.29) is 0 Å². The second-order valence-corrected chi connectivity index (χ2v) is 2.17. The van der Waals surface area contributed by atoms with Crippen LogP contribution in [-0.2, 0) is 0 Å². The fourth-order valence-electron chi connectivity index (χ4n) is 0.790. The van der Waals surface area contributed by atoms with Crippen molar-refractivity contribution in [3.05, 3.63) is 29.9 Å². The van der Waals surface area contributed by atoms with Crippen molar-refractivity contribution >= 4 is 17.2 Å². The Morgan fingerprint density at radius 3 is 3.20 bits per heavy atom. The number of hydrogen-bond acceptors (Lipinski definition) is 2. The zero-order valence-corrected chi connectivity index (χ0v) is 5.71. The third-order valence-electron chi connectivity index (χ3n) is 1.23. The van der Waals surface area contributed by atoms with Crippen molar-refractivity contribution < 1.29 is 0 Å². The Morgan fingerprint density at radius 1 is 1.50 bits per heavy atom. The Kier molecular flexibility index (Phi) is 1.11. The minimum absolute atomic E-state index is 0.384. The summed E-state index contributed by atoms with van der Waals surface area (Å²) in [4.78, 5) is 7.52. The molecular formula is C6H3ClN3. The second kappa shape index (κ2) is 1.95. The number of rotatable bonds is 0. The van der Waals surface area contributed by atoms with Crippen LogP contribution >= 0.6 is 11.6 Å². The first-order valence-electron chi connectivity index (χ1n) is 2.74. The van der Waals surface area contributed by atoms with Gasteiger partial charge in [-0.1, -0.05) is 0 Å². The van der Waals surface area contributed by atoms with Gasteiger partial charge in [-0.25, -0.2) is 4.98 Å². The third kappa shape index (κ3) is 0.675. The van der Waals surface area contributed by atoms with E-state index >= 15 is 0 Å². The summed E-state index contributed by atoms with van der Waals surface area (Å²) >= 11 is 5.68. The van der Waals surface area contributed by atoms with Crippen LogP contribution in [0.5, 0.6) is 0 Å². The first-order chi connectivity index (χ1) is 4.88. The summed E-state index contributed by atoms with van der Waals surface area (Å²) in [5.74, 6) is 0. The molecule has 0 aliphatic rings. The lowest BCUT2D eigenvalue weighted by molar-refractivity contribution is 1.02. The fraction of sp³-hybridized carbons (Fsp3) is 0. The summed E-state index contributed by atoms with van der Waals surface area (Å²) in [6.07, 6.45) is 4.23. The van der Waals surface area contributed by atoms with Gasteiger partial charge in [-0.05, 0) is 23.7 Å². The lowest BCUT2D eigenvalue weighted by atomic mass is 10.6. The molecule has 0 saturated heterocycles. The van der Waals surface area contributed by atoms with Gasteiger partial charge in [-0.2, -0.15) is 4.98 Å². The van der Waals surface area contributed by atoms with Crippen LogP contribution < -0.4 is 0 Å². The monoisotopic (exact) mass is 152 g/mol. The molecule has 0 unspecified atom stereocenters. The summed E-state index contributed by atoms with van der Waals surface area (Å²) in [7, 11) is 0. The lowest BCUT2D eigenvalue weighted by Gasteiger charge is -1.92. The predicted octanol–water partition coefficient (Wildman–Crippen LogP) is 1.18. The van der Waals surface area contributed by atoms with Gasteiger partial charge in [0.25, 0.3) is 0 Å². The highest BCUT2D eigenvalue weighted by atomic mass is 35.5. The number of hydrogen-bond donors (Lipinski definition) is 0. The van der Waals surface area contributed by atoms with E-state index in [9.17, 15) is 0 Å². The molecule has 10 heavy (non-hydrogen) atoms. The molecule has 2 rings (SSSR count). The molecular weight excluding hydrogens is 150 g/mol. The highest BCUT2D eigenvalue weighted by Gasteiger charge is 1.96. The molecule has 0 fully saturated rings. The van der Waals surface area contributed by atoms with E-state index in [1.807, 2.05) is 12.1 Å². The minimum Gasteiger partial charge on any atom is -0.276 e. The first-order valence-corrected chi connectivity index (χ1v) is 3.12. The summed E-state index contributed by atoms with van der Waals surface area (Å²) in [6.45, 7) is 0. The Labute approximate surface area is 62.3 Å². The van der Waals surface area contributed by atoms with Crippen LogP contribution in [0.1, 0.15) is 0 Å². The summed E-state index contributed by atoms with van der Waals surface area (Å²) in [5.41, 5.74) is 0.764. The van der Waals surface area contributed by atoms with Crippen molar-refractivity contribution in [2.45, 2.75) is 0 Å². The number of nitrogens with zero attached hydrogens (tertiary/aromatic N) is 3. The minimum atomic E-state index is 0.384. The first kappa shape index (κ1) is 5.68. The third-order valence-corrected chi connectivity index (χ3v) is 1.50. The Balaban J connectivity index is 2.95. The number of aromatic nitrogens is 3. The van der Waals surface area contributed by atoms with Crippen molar-refractivity contribution in [2.24, 2.45) is 0 Å². The average molecular weight is 153 g/mol. The maximum absolute atomic E-state index is 5.68. The highest BCUT2D eigenvalue weighted by molar-refractivity contribution is 6.28. The molecule has 0 amide bonds. The molecule has 2 heterocycles. The van der Waals surface area contributed by atoms with Crippen LogP contribution in [0.4, 0.5) is 0 Å². The van der Waals surface area contributed by atoms with Gasteiger partial charge in [0.2, 0.25) is 11.6 Å². The topological polar surface area (TPSA) is 30.2 Å². The molecule has 0 bridgehead atoms. The van der Waals surface area contributed by atoms with Gasteiger partial charge in [-0.3, -0.25) is 4.40 Å². The maximum Gasteiger partial charge on any atom is 0.210 e. The molecule has 0 saturated carbocycles. The summed E-state index contributed by atoms with van der Waals surface area (Å²) in [5, 5.41) is 0.384. The van der Waals surface area contributed by atoms with Crippen molar-refractivity contribution in [2.75, 3.05) is 0 Å². The molecule has 0 aliphatic carbocycles. The second-order valence-electron chi connectivity index (χ2n) is 1.83.